The first-order valence-corrected chi connectivity index (χ1v) is 7.13. The van der Waals surface area contributed by atoms with Gasteiger partial charge in [0, 0.05) is 12.2 Å². The van der Waals surface area contributed by atoms with Crippen molar-refractivity contribution in [1.29, 1.82) is 0 Å². The molecule has 6 heteroatoms. The second-order valence-corrected chi connectivity index (χ2v) is 5.29. The number of rotatable bonds is 6. The Morgan fingerprint density at radius 2 is 2.30 bits per heavy atom. The van der Waals surface area contributed by atoms with E-state index in [0.717, 1.165) is 24.0 Å². The fraction of sp³-hybridized carbons (Fsp3) is 0.500. The van der Waals surface area contributed by atoms with E-state index in [1.807, 2.05) is 17.9 Å². The Labute approximate surface area is 124 Å². The Morgan fingerprint density at radius 3 is 2.85 bits per heavy atom. The number of aryl methyl sites for hydroxylation is 1. The van der Waals surface area contributed by atoms with Crippen LogP contribution in [0.1, 0.15) is 30.9 Å². The van der Waals surface area contributed by atoms with Gasteiger partial charge in [0.15, 0.2) is 0 Å². The Balaban J connectivity index is 2.32. The van der Waals surface area contributed by atoms with E-state index in [4.69, 9.17) is 22.7 Å². The second kappa shape index (κ2) is 6.17. The van der Waals surface area contributed by atoms with Gasteiger partial charge in [0.1, 0.15) is 17.4 Å². The first-order chi connectivity index (χ1) is 9.54. The number of nitrogens with two attached hydrogens (primary N) is 1. The highest BCUT2D eigenvalue weighted by Gasteiger charge is 2.33. The lowest BCUT2D eigenvalue weighted by Gasteiger charge is -2.25. The number of ether oxygens (including phenoxy) is 1. The summed E-state index contributed by atoms with van der Waals surface area (Å²) in [5, 5.41) is 0. The molecule has 108 valence electrons. The summed E-state index contributed by atoms with van der Waals surface area (Å²) in [6, 6.07) is 2.19. The molecule has 0 aromatic carbocycles. The number of hydrogen-bond acceptors (Lipinski definition) is 5. The van der Waals surface area contributed by atoms with Crippen molar-refractivity contribution in [2.45, 2.75) is 32.7 Å². The van der Waals surface area contributed by atoms with Crippen molar-refractivity contribution >= 4 is 29.0 Å². The number of esters is 1. The fourth-order valence-corrected chi connectivity index (χ4v) is 2.43. The molecule has 0 spiro atoms. The highest BCUT2D eigenvalue weighted by atomic mass is 32.1. The molecule has 0 aliphatic heterocycles. The van der Waals surface area contributed by atoms with Crippen LogP contribution >= 0.6 is 12.2 Å². The lowest BCUT2D eigenvalue weighted by Crippen LogP contribution is -2.35. The monoisotopic (exact) mass is 293 g/mol. The van der Waals surface area contributed by atoms with Gasteiger partial charge in [0.25, 0.3) is 0 Å². The summed E-state index contributed by atoms with van der Waals surface area (Å²) in [7, 11) is 0. The van der Waals surface area contributed by atoms with Crippen LogP contribution in [0.2, 0.25) is 0 Å². The Bertz CT molecular complexity index is 529. The van der Waals surface area contributed by atoms with E-state index in [1.54, 1.807) is 13.1 Å². The molecular weight excluding hydrogens is 274 g/mol. The van der Waals surface area contributed by atoms with Gasteiger partial charge in [-0.3, -0.25) is 4.79 Å². The molecule has 0 unspecified atom stereocenters. The molecule has 0 amide bonds. The van der Waals surface area contributed by atoms with Gasteiger partial charge in [0.05, 0.1) is 12.2 Å². The van der Waals surface area contributed by atoms with E-state index >= 15 is 0 Å². The molecule has 2 N–H and O–H groups in total. The van der Waals surface area contributed by atoms with Gasteiger partial charge in [-0.1, -0.05) is 12.2 Å². The molecular formula is C14H19N3O2S. The minimum absolute atomic E-state index is 0.185. The van der Waals surface area contributed by atoms with Crippen LogP contribution in [0.5, 0.6) is 0 Å². The van der Waals surface area contributed by atoms with Crippen LogP contribution in [0.4, 0.5) is 5.82 Å². The molecule has 0 saturated heterocycles. The van der Waals surface area contributed by atoms with Crippen molar-refractivity contribution in [1.82, 2.24) is 4.98 Å². The van der Waals surface area contributed by atoms with Crippen LogP contribution < -0.4 is 10.6 Å². The lowest BCUT2D eigenvalue weighted by atomic mass is 10.1. The van der Waals surface area contributed by atoms with Gasteiger partial charge in [-0.15, -0.1) is 0 Å². The zero-order chi connectivity index (χ0) is 14.7. The number of aromatic nitrogens is 1. The third kappa shape index (κ3) is 3.25. The average molecular weight is 293 g/mol. The largest absolute Gasteiger partial charge is 0.465 e. The molecule has 1 heterocycles. The van der Waals surface area contributed by atoms with Gasteiger partial charge >= 0.3 is 5.97 Å². The number of nitrogens with zero attached hydrogens (tertiary/aromatic N) is 2. The normalized spacial score (nSPS) is 13.9. The number of thiocarbonyl (C=S) groups is 1. The van der Waals surface area contributed by atoms with Crippen molar-refractivity contribution in [3.63, 3.8) is 0 Å². The Kier molecular flexibility index (Phi) is 4.54. The highest BCUT2D eigenvalue weighted by molar-refractivity contribution is 7.80. The maximum absolute atomic E-state index is 11.8. The van der Waals surface area contributed by atoms with Gasteiger partial charge in [0.2, 0.25) is 0 Å². The summed E-state index contributed by atoms with van der Waals surface area (Å²) < 4.78 is 5.03. The summed E-state index contributed by atoms with van der Waals surface area (Å²) in [5.74, 6) is 0.435. The van der Waals surface area contributed by atoms with Gasteiger partial charge in [-0.2, -0.15) is 0 Å². The van der Waals surface area contributed by atoms with Crippen molar-refractivity contribution in [3.05, 3.63) is 23.4 Å². The van der Waals surface area contributed by atoms with E-state index in [-0.39, 0.29) is 12.5 Å². The van der Waals surface area contributed by atoms with Crippen LogP contribution in [0.25, 0.3) is 0 Å². The van der Waals surface area contributed by atoms with Crippen LogP contribution in [0.3, 0.4) is 0 Å². The molecule has 0 bridgehead atoms. The maximum atomic E-state index is 11.8. The highest BCUT2D eigenvalue weighted by Crippen LogP contribution is 2.33. The van der Waals surface area contributed by atoms with Crippen LogP contribution in [0.15, 0.2) is 12.3 Å². The van der Waals surface area contributed by atoms with Crippen molar-refractivity contribution in [2.24, 2.45) is 5.73 Å². The van der Waals surface area contributed by atoms with E-state index in [2.05, 4.69) is 4.98 Å². The lowest BCUT2D eigenvalue weighted by molar-refractivity contribution is -0.141. The molecule has 0 atom stereocenters. The van der Waals surface area contributed by atoms with Crippen molar-refractivity contribution < 1.29 is 9.53 Å². The summed E-state index contributed by atoms with van der Waals surface area (Å²) in [6.45, 7) is 4.30. The quantitative estimate of drug-likeness (QED) is 0.634. The molecule has 1 saturated carbocycles. The van der Waals surface area contributed by atoms with Crippen molar-refractivity contribution in [2.75, 3.05) is 18.1 Å². The Hall–Kier alpha value is -1.69. The Morgan fingerprint density at radius 1 is 1.60 bits per heavy atom. The topological polar surface area (TPSA) is 68.5 Å². The molecule has 1 aliphatic carbocycles. The molecule has 0 radical (unpaired) electrons. The second-order valence-electron chi connectivity index (χ2n) is 4.85. The van der Waals surface area contributed by atoms with E-state index < -0.39 is 0 Å². The third-order valence-corrected chi connectivity index (χ3v) is 3.45. The van der Waals surface area contributed by atoms with Crippen LogP contribution in [0, 0.1) is 6.92 Å². The summed E-state index contributed by atoms with van der Waals surface area (Å²) >= 11 is 5.12. The molecule has 2 rings (SSSR count). The first kappa shape index (κ1) is 14.7. The van der Waals surface area contributed by atoms with Gasteiger partial charge in [-0.05, 0) is 38.3 Å². The number of pyridine rings is 1. The number of anilines is 1. The number of hydrogen-bond donors (Lipinski definition) is 1. The molecule has 1 aromatic heterocycles. The van der Waals surface area contributed by atoms with E-state index in [1.165, 1.54) is 0 Å². The predicted molar refractivity (Wildman–Crippen MR) is 81.9 cm³/mol. The summed E-state index contributed by atoms with van der Waals surface area (Å²) in [6.07, 6.45) is 3.81. The van der Waals surface area contributed by atoms with Crippen LogP contribution in [-0.2, 0) is 9.53 Å². The minimum atomic E-state index is -0.253. The van der Waals surface area contributed by atoms with Gasteiger partial charge < -0.3 is 15.4 Å². The van der Waals surface area contributed by atoms with Gasteiger partial charge in [-0.25, -0.2) is 4.98 Å². The number of carbonyl (C=O) groups is 1. The minimum Gasteiger partial charge on any atom is -0.465 e. The molecule has 20 heavy (non-hydrogen) atoms. The summed E-state index contributed by atoms with van der Waals surface area (Å²) in [4.78, 5) is 18.4. The molecule has 1 aromatic rings. The third-order valence-electron chi connectivity index (χ3n) is 3.25. The zero-order valence-electron chi connectivity index (χ0n) is 11.8. The SMILES string of the molecule is CCOC(=O)CN(c1nccc(C)c1C(N)=S)C1CC1. The maximum Gasteiger partial charge on any atom is 0.325 e. The summed E-state index contributed by atoms with van der Waals surface area (Å²) in [5.41, 5.74) is 7.53. The van der Waals surface area contributed by atoms with Crippen LogP contribution in [-0.4, -0.2) is 35.1 Å². The van der Waals surface area contributed by atoms with Crippen molar-refractivity contribution in [3.8, 4) is 0 Å². The first-order valence-electron chi connectivity index (χ1n) is 6.72. The average Bonchev–Trinajstić information content (AvgIpc) is 3.19. The number of carbonyl (C=O) groups excluding carboxylic acids is 1. The smallest absolute Gasteiger partial charge is 0.325 e. The molecule has 1 aliphatic rings. The zero-order valence-corrected chi connectivity index (χ0v) is 12.6. The van der Waals surface area contributed by atoms with E-state index in [9.17, 15) is 4.79 Å². The van der Waals surface area contributed by atoms with E-state index in [0.29, 0.717) is 23.5 Å². The fourth-order valence-electron chi connectivity index (χ4n) is 2.18. The predicted octanol–water partition coefficient (Wildman–Crippen LogP) is 1.56. The molecule has 1 fully saturated rings. The standard InChI is InChI=1S/C14H19N3O2S/c1-3-19-11(18)8-17(10-4-5-10)14-12(13(15)20)9(2)6-7-16-14/h6-7,10H,3-5,8H2,1-2H3,(H2,15,20). The molecule has 5 nitrogen and oxygen atoms in total.